The molecule has 110 valence electrons. The first-order valence-corrected chi connectivity index (χ1v) is 7.29. The Labute approximate surface area is 121 Å². The van der Waals surface area contributed by atoms with Crippen molar-refractivity contribution in [3.05, 3.63) is 48.0 Å². The van der Waals surface area contributed by atoms with Crippen molar-refractivity contribution < 1.29 is 18.3 Å². The predicted molar refractivity (Wildman–Crippen MR) is 79.5 cm³/mol. The highest BCUT2D eigenvalue weighted by atomic mass is 32.2. The van der Waals surface area contributed by atoms with Crippen LogP contribution in [0, 0.1) is 0 Å². The Balaban J connectivity index is 2.35. The summed E-state index contributed by atoms with van der Waals surface area (Å²) in [5.74, 6) is -1.24. The normalized spacial score (nSPS) is 11.0. The first kappa shape index (κ1) is 14.7. The summed E-state index contributed by atoms with van der Waals surface area (Å²) >= 11 is 0. The van der Waals surface area contributed by atoms with Gasteiger partial charge in [-0.3, -0.25) is 4.72 Å². The number of carboxylic acid groups (broad SMARTS) is 1. The van der Waals surface area contributed by atoms with Gasteiger partial charge in [-0.05, 0) is 42.5 Å². The van der Waals surface area contributed by atoms with Crippen molar-refractivity contribution in [1.29, 1.82) is 0 Å². The average Bonchev–Trinajstić information content (AvgIpc) is 2.41. The Morgan fingerprint density at radius 1 is 1.05 bits per heavy atom. The molecule has 0 saturated carbocycles. The Morgan fingerprint density at radius 2 is 1.67 bits per heavy atom. The number of carbonyl (C=O) groups is 1. The lowest BCUT2D eigenvalue weighted by molar-refractivity contribution is 0.0698. The molecule has 0 amide bonds. The van der Waals surface area contributed by atoms with Gasteiger partial charge >= 0.3 is 5.97 Å². The highest BCUT2D eigenvalue weighted by Gasteiger charge is 2.16. The molecule has 0 aliphatic rings. The predicted octanol–water partition coefficient (Wildman–Crippen LogP) is 1.35. The van der Waals surface area contributed by atoms with E-state index in [1.807, 2.05) is 0 Å². The molecule has 0 aliphatic carbocycles. The third kappa shape index (κ3) is 3.23. The van der Waals surface area contributed by atoms with Crippen LogP contribution >= 0.6 is 0 Å². The van der Waals surface area contributed by atoms with E-state index in [0.717, 1.165) is 6.07 Å². The Kier molecular flexibility index (Phi) is 3.72. The smallest absolute Gasteiger partial charge is 0.337 e. The summed E-state index contributed by atoms with van der Waals surface area (Å²) in [6.45, 7) is 0. The van der Waals surface area contributed by atoms with E-state index in [1.54, 1.807) is 0 Å². The molecule has 7 nitrogen and oxygen atoms in total. The van der Waals surface area contributed by atoms with Crippen LogP contribution in [0.3, 0.4) is 0 Å². The molecule has 0 unspecified atom stereocenters. The zero-order valence-corrected chi connectivity index (χ0v) is 11.6. The number of benzene rings is 2. The maximum atomic E-state index is 12.1. The van der Waals surface area contributed by atoms with Crippen molar-refractivity contribution in [1.82, 2.24) is 0 Å². The third-order valence-electron chi connectivity index (χ3n) is 2.73. The van der Waals surface area contributed by atoms with Crippen LogP contribution in [0.2, 0.25) is 0 Å². The minimum absolute atomic E-state index is 0.0189. The zero-order chi connectivity index (χ0) is 15.6. The molecule has 0 heterocycles. The van der Waals surface area contributed by atoms with E-state index in [2.05, 4.69) is 4.72 Å². The molecule has 0 saturated heterocycles. The lowest BCUT2D eigenvalue weighted by Crippen LogP contribution is -2.14. The molecule has 21 heavy (non-hydrogen) atoms. The van der Waals surface area contributed by atoms with Crippen LogP contribution in [0.25, 0.3) is 0 Å². The van der Waals surface area contributed by atoms with Crippen molar-refractivity contribution in [2.75, 3.05) is 16.2 Å². The van der Waals surface area contributed by atoms with Crippen LogP contribution in [0.15, 0.2) is 47.4 Å². The maximum absolute atomic E-state index is 12.1. The summed E-state index contributed by atoms with van der Waals surface area (Å²) in [4.78, 5) is 11.0. The van der Waals surface area contributed by atoms with E-state index in [1.165, 1.54) is 36.4 Å². The third-order valence-corrected chi connectivity index (χ3v) is 4.12. The van der Waals surface area contributed by atoms with Crippen LogP contribution < -0.4 is 16.2 Å². The van der Waals surface area contributed by atoms with Crippen molar-refractivity contribution in [2.24, 2.45) is 0 Å². The molecule has 0 atom stereocenters. The number of hydrogen-bond acceptors (Lipinski definition) is 5. The fourth-order valence-corrected chi connectivity index (χ4v) is 2.72. The van der Waals surface area contributed by atoms with Crippen LogP contribution in [0.4, 0.5) is 17.1 Å². The summed E-state index contributed by atoms with van der Waals surface area (Å²) in [5.41, 5.74) is 11.4. The first-order valence-electron chi connectivity index (χ1n) is 5.81. The Morgan fingerprint density at radius 3 is 2.24 bits per heavy atom. The summed E-state index contributed by atoms with van der Waals surface area (Å²) in [6.07, 6.45) is 0. The Hall–Kier alpha value is -2.74. The van der Waals surface area contributed by atoms with Crippen LogP contribution in [-0.2, 0) is 10.0 Å². The summed E-state index contributed by atoms with van der Waals surface area (Å²) in [7, 11) is -3.82. The number of rotatable bonds is 4. The monoisotopic (exact) mass is 307 g/mol. The minimum Gasteiger partial charge on any atom is -0.478 e. The highest BCUT2D eigenvalue weighted by molar-refractivity contribution is 7.92. The number of anilines is 3. The minimum atomic E-state index is -3.82. The summed E-state index contributed by atoms with van der Waals surface area (Å²) in [5, 5.41) is 8.96. The van der Waals surface area contributed by atoms with E-state index in [0.29, 0.717) is 5.69 Å². The first-order chi connectivity index (χ1) is 9.79. The number of aromatic carboxylic acids is 1. The number of nitrogen functional groups attached to an aromatic ring is 2. The van der Waals surface area contributed by atoms with Gasteiger partial charge in [-0.25, -0.2) is 13.2 Å². The van der Waals surface area contributed by atoms with E-state index in [9.17, 15) is 13.2 Å². The van der Waals surface area contributed by atoms with Crippen LogP contribution in [-0.4, -0.2) is 19.5 Å². The van der Waals surface area contributed by atoms with Gasteiger partial charge in [0.2, 0.25) is 0 Å². The van der Waals surface area contributed by atoms with Gasteiger partial charge in [-0.2, -0.15) is 0 Å². The van der Waals surface area contributed by atoms with Gasteiger partial charge in [0.25, 0.3) is 10.0 Å². The fraction of sp³-hybridized carbons (Fsp3) is 0. The molecule has 2 aromatic carbocycles. The number of hydrogen-bond donors (Lipinski definition) is 4. The van der Waals surface area contributed by atoms with Crippen molar-refractivity contribution in [3.63, 3.8) is 0 Å². The van der Waals surface area contributed by atoms with Gasteiger partial charge in [0, 0.05) is 17.1 Å². The second-order valence-corrected chi connectivity index (χ2v) is 5.96. The molecule has 2 rings (SSSR count). The highest BCUT2D eigenvalue weighted by Crippen LogP contribution is 2.21. The number of sulfonamides is 1. The van der Waals surface area contributed by atoms with Crippen LogP contribution in [0.5, 0.6) is 0 Å². The average molecular weight is 307 g/mol. The van der Waals surface area contributed by atoms with Gasteiger partial charge in [-0.1, -0.05) is 0 Å². The molecule has 0 bridgehead atoms. The van der Waals surface area contributed by atoms with E-state index >= 15 is 0 Å². The molecule has 8 heteroatoms. The quantitative estimate of drug-likeness (QED) is 0.629. The van der Waals surface area contributed by atoms with Crippen molar-refractivity contribution in [2.45, 2.75) is 4.90 Å². The molecule has 0 fully saturated rings. The van der Waals surface area contributed by atoms with Crippen molar-refractivity contribution in [3.8, 4) is 0 Å². The van der Waals surface area contributed by atoms with Gasteiger partial charge < -0.3 is 16.6 Å². The number of carboxylic acids is 1. The van der Waals surface area contributed by atoms with Crippen LogP contribution in [0.1, 0.15) is 10.4 Å². The van der Waals surface area contributed by atoms with Crippen molar-refractivity contribution >= 4 is 33.1 Å². The molecule has 0 spiro atoms. The largest absolute Gasteiger partial charge is 0.478 e. The van der Waals surface area contributed by atoms with Gasteiger partial charge in [0.05, 0.1) is 10.5 Å². The lowest BCUT2D eigenvalue weighted by Gasteiger charge is -2.10. The molecular weight excluding hydrogens is 294 g/mol. The number of nitrogens with two attached hydrogens (primary N) is 2. The van der Waals surface area contributed by atoms with E-state index in [4.69, 9.17) is 16.6 Å². The van der Waals surface area contributed by atoms with Gasteiger partial charge in [0.15, 0.2) is 0 Å². The second kappa shape index (κ2) is 5.33. The summed E-state index contributed by atoms with van der Waals surface area (Å²) in [6, 6.07) is 9.49. The second-order valence-electron chi connectivity index (χ2n) is 4.28. The molecule has 6 N–H and O–H groups in total. The lowest BCUT2D eigenvalue weighted by atomic mass is 10.1. The molecule has 0 aliphatic heterocycles. The SMILES string of the molecule is Nc1ccc(S(=O)(=O)Nc2ccc(N)c(C(=O)O)c2)cc1. The molecule has 0 radical (unpaired) electrons. The molecule has 0 aromatic heterocycles. The van der Waals surface area contributed by atoms with E-state index in [-0.39, 0.29) is 21.8 Å². The van der Waals surface area contributed by atoms with Gasteiger partial charge in [-0.15, -0.1) is 0 Å². The fourth-order valence-electron chi connectivity index (χ4n) is 1.67. The Bertz CT molecular complexity index is 786. The van der Waals surface area contributed by atoms with E-state index < -0.39 is 16.0 Å². The molecule has 2 aromatic rings. The maximum Gasteiger partial charge on any atom is 0.337 e. The number of nitrogens with one attached hydrogen (secondary N) is 1. The molecular formula is C13H13N3O4S. The summed E-state index contributed by atoms with van der Waals surface area (Å²) < 4.78 is 26.6. The zero-order valence-electron chi connectivity index (χ0n) is 10.8. The standard InChI is InChI=1S/C13H13N3O4S/c14-8-1-4-10(5-2-8)21(19,20)16-9-3-6-12(15)11(7-9)13(17)18/h1-7,16H,14-15H2,(H,17,18). The topological polar surface area (TPSA) is 136 Å². The van der Waals surface area contributed by atoms with Gasteiger partial charge in [0.1, 0.15) is 0 Å².